The molecular weight excluding hydrogens is 392 g/mol. The van der Waals surface area contributed by atoms with Gasteiger partial charge in [0, 0.05) is 6.54 Å². The molecule has 3 heterocycles. The fourth-order valence-corrected chi connectivity index (χ4v) is 4.37. The number of piperidine rings is 1. The fraction of sp³-hybridized carbons (Fsp3) is 0.783. The van der Waals surface area contributed by atoms with Crippen molar-refractivity contribution in [1.29, 1.82) is 0 Å². The average molecular weight is 433 g/mol. The summed E-state index contributed by atoms with van der Waals surface area (Å²) in [5.41, 5.74) is 6.89. The number of imidazole rings is 1. The van der Waals surface area contributed by atoms with Gasteiger partial charge in [0.25, 0.3) is 0 Å². The Bertz CT molecular complexity index is 854. The Morgan fingerprint density at radius 2 is 1.81 bits per heavy atom. The molecule has 1 fully saturated rings. The van der Waals surface area contributed by atoms with E-state index in [0.29, 0.717) is 24.3 Å². The summed E-state index contributed by atoms with van der Waals surface area (Å²) < 4.78 is 7.28. The minimum absolute atomic E-state index is 0.179. The molecule has 1 aliphatic heterocycles. The van der Waals surface area contributed by atoms with Crippen molar-refractivity contribution in [3.05, 3.63) is 10.5 Å². The lowest BCUT2D eigenvalue weighted by Gasteiger charge is -2.31. The summed E-state index contributed by atoms with van der Waals surface area (Å²) in [6, 6.07) is 0.247. The van der Waals surface area contributed by atoms with Crippen LogP contribution in [0.5, 0.6) is 6.01 Å². The number of fused-ring (bicyclic) bond motifs is 1. The second-order valence-electron chi connectivity index (χ2n) is 8.86. The number of unbranched alkanes of at least 4 members (excludes halogenated alkanes) is 4. The zero-order valence-electron chi connectivity index (χ0n) is 19.4. The number of nitrogen functional groups attached to an aromatic ring is 1. The lowest BCUT2D eigenvalue weighted by molar-refractivity contribution is 0.175. The van der Waals surface area contributed by atoms with E-state index >= 15 is 0 Å². The Morgan fingerprint density at radius 3 is 2.55 bits per heavy atom. The Labute approximate surface area is 185 Å². The van der Waals surface area contributed by atoms with Crippen LogP contribution in [0.15, 0.2) is 4.79 Å². The molecule has 2 aromatic rings. The number of anilines is 1. The number of H-pyrrole nitrogens is 1. The SMILES string of the molecule is CCCCOc1nc(N)c2[nH]c(=O)n(CCCCCC3CCN(CCCC)CC3)c2n1. The highest BCUT2D eigenvalue weighted by molar-refractivity contribution is 5.81. The van der Waals surface area contributed by atoms with Gasteiger partial charge in [0.15, 0.2) is 11.5 Å². The van der Waals surface area contributed by atoms with Crippen LogP contribution < -0.4 is 16.2 Å². The highest BCUT2D eigenvalue weighted by Gasteiger charge is 2.18. The first kappa shape index (κ1) is 23.6. The number of likely N-dealkylation sites (tertiary alicyclic amines) is 1. The molecule has 0 saturated carbocycles. The number of nitrogens with one attached hydrogen (secondary N) is 1. The Morgan fingerprint density at radius 1 is 1.03 bits per heavy atom. The van der Waals surface area contributed by atoms with Crippen LogP contribution >= 0.6 is 0 Å². The molecule has 174 valence electrons. The molecule has 1 aliphatic rings. The molecule has 8 nitrogen and oxygen atoms in total. The van der Waals surface area contributed by atoms with Crippen LogP contribution in [0.3, 0.4) is 0 Å². The van der Waals surface area contributed by atoms with Gasteiger partial charge in [0.2, 0.25) is 0 Å². The Kier molecular flexibility index (Phi) is 9.18. The third-order valence-corrected chi connectivity index (χ3v) is 6.39. The van der Waals surface area contributed by atoms with E-state index < -0.39 is 0 Å². The maximum atomic E-state index is 12.4. The van der Waals surface area contributed by atoms with Gasteiger partial charge in [-0.2, -0.15) is 9.97 Å². The Balaban J connectivity index is 1.45. The van der Waals surface area contributed by atoms with E-state index in [9.17, 15) is 4.79 Å². The van der Waals surface area contributed by atoms with Gasteiger partial charge in [-0.15, -0.1) is 0 Å². The second-order valence-corrected chi connectivity index (χ2v) is 8.86. The first-order chi connectivity index (χ1) is 15.1. The summed E-state index contributed by atoms with van der Waals surface area (Å²) in [7, 11) is 0. The van der Waals surface area contributed by atoms with Crippen molar-refractivity contribution in [2.45, 2.75) is 84.6 Å². The number of aryl methyl sites for hydroxylation is 1. The number of aromatic amines is 1. The smallest absolute Gasteiger partial charge is 0.327 e. The molecule has 31 heavy (non-hydrogen) atoms. The summed E-state index contributed by atoms with van der Waals surface area (Å²) in [5.74, 6) is 1.13. The lowest BCUT2D eigenvalue weighted by Crippen LogP contribution is -2.34. The largest absolute Gasteiger partial charge is 0.463 e. The number of hydrogen-bond acceptors (Lipinski definition) is 6. The van der Waals surface area contributed by atoms with Crippen molar-refractivity contribution in [2.75, 3.05) is 32.0 Å². The van der Waals surface area contributed by atoms with Gasteiger partial charge in [-0.05, 0) is 57.7 Å². The topological polar surface area (TPSA) is 102 Å². The van der Waals surface area contributed by atoms with Crippen molar-refractivity contribution >= 4 is 17.0 Å². The average Bonchev–Trinajstić information content (AvgIpc) is 3.09. The van der Waals surface area contributed by atoms with Crippen LogP contribution in [0.2, 0.25) is 0 Å². The van der Waals surface area contributed by atoms with Crippen LogP contribution in [-0.4, -0.2) is 50.7 Å². The van der Waals surface area contributed by atoms with Crippen molar-refractivity contribution in [1.82, 2.24) is 24.4 Å². The van der Waals surface area contributed by atoms with Gasteiger partial charge in [-0.3, -0.25) is 4.57 Å². The summed E-state index contributed by atoms with van der Waals surface area (Å²) in [5, 5.41) is 0. The van der Waals surface area contributed by atoms with Gasteiger partial charge in [0.1, 0.15) is 5.52 Å². The molecule has 3 N–H and O–H groups in total. The lowest BCUT2D eigenvalue weighted by atomic mass is 9.91. The zero-order chi connectivity index (χ0) is 22.1. The first-order valence-electron chi connectivity index (χ1n) is 12.2. The van der Waals surface area contributed by atoms with Crippen LogP contribution in [0, 0.1) is 5.92 Å². The molecule has 0 aliphatic carbocycles. The summed E-state index contributed by atoms with van der Waals surface area (Å²) in [6.07, 6.45) is 11.8. The van der Waals surface area contributed by atoms with Gasteiger partial charge in [-0.25, -0.2) is 4.79 Å². The Hall–Kier alpha value is -2.09. The molecule has 0 radical (unpaired) electrons. The predicted molar refractivity (Wildman–Crippen MR) is 126 cm³/mol. The van der Waals surface area contributed by atoms with Crippen molar-refractivity contribution in [3.8, 4) is 6.01 Å². The normalized spacial score (nSPS) is 15.7. The molecule has 2 aromatic heterocycles. The number of hydrogen-bond donors (Lipinski definition) is 2. The third-order valence-electron chi connectivity index (χ3n) is 6.39. The minimum Gasteiger partial charge on any atom is -0.463 e. The van der Waals surface area contributed by atoms with Gasteiger partial charge >= 0.3 is 11.7 Å². The summed E-state index contributed by atoms with van der Waals surface area (Å²) in [6.45, 7) is 9.34. The van der Waals surface area contributed by atoms with E-state index in [2.05, 4.69) is 33.7 Å². The van der Waals surface area contributed by atoms with Crippen molar-refractivity contribution in [2.24, 2.45) is 5.92 Å². The molecule has 0 aromatic carbocycles. The first-order valence-corrected chi connectivity index (χ1v) is 12.2. The quantitative estimate of drug-likeness (QED) is 0.465. The van der Waals surface area contributed by atoms with Crippen LogP contribution in [0.25, 0.3) is 11.2 Å². The van der Waals surface area contributed by atoms with Crippen LogP contribution in [0.1, 0.15) is 78.1 Å². The molecule has 0 atom stereocenters. The molecule has 0 unspecified atom stereocenters. The molecule has 0 spiro atoms. The minimum atomic E-state index is -0.179. The molecule has 3 rings (SSSR count). The number of aromatic nitrogens is 4. The molecule has 8 heteroatoms. The standard InChI is InChI=1S/C23H40N6O2/c1-3-5-13-28-15-11-18(12-16-28)10-8-7-9-14-29-21-19(25-23(29)30)20(24)26-22(27-21)31-17-6-4-2/h18H,3-17H2,1-2H3,(H,25,30)(H2,24,26,27). The van der Waals surface area contributed by atoms with Gasteiger partial charge in [0.05, 0.1) is 6.61 Å². The van der Waals surface area contributed by atoms with E-state index in [1.807, 2.05) is 0 Å². The van der Waals surface area contributed by atoms with Gasteiger partial charge in [-0.1, -0.05) is 46.0 Å². The number of rotatable bonds is 13. The van der Waals surface area contributed by atoms with Crippen LogP contribution in [0.4, 0.5) is 5.82 Å². The number of nitrogens with zero attached hydrogens (tertiary/aromatic N) is 4. The van der Waals surface area contributed by atoms with E-state index in [1.54, 1.807) is 4.57 Å². The second kappa shape index (κ2) is 12.1. The predicted octanol–water partition coefficient (Wildman–Crippen LogP) is 3.95. The van der Waals surface area contributed by atoms with Crippen molar-refractivity contribution < 1.29 is 4.74 Å². The molecular formula is C23H40N6O2. The van der Waals surface area contributed by atoms with Crippen molar-refractivity contribution in [3.63, 3.8) is 0 Å². The van der Waals surface area contributed by atoms with E-state index in [0.717, 1.165) is 31.6 Å². The highest BCUT2D eigenvalue weighted by Crippen LogP contribution is 2.23. The maximum Gasteiger partial charge on any atom is 0.327 e. The summed E-state index contributed by atoms with van der Waals surface area (Å²) >= 11 is 0. The van der Waals surface area contributed by atoms with E-state index in [1.165, 1.54) is 58.2 Å². The maximum absolute atomic E-state index is 12.4. The third kappa shape index (κ3) is 6.69. The zero-order valence-corrected chi connectivity index (χ0v) is 19.4. The highest BCUT2D eigenvalue weighted by atomic mass is 16.5. The monoisotopic (exact) mass is 432 g/mol. The molecule has 0 bridgehead atoms. The van der Waals surface area contributed by atoms with E-state index in [4.69, 9.17) is 10.5 Å². The van der Waals surface area contributed by atoms with E-state index in [-0.39, 0.29) is 17.5 Å². The number of ether oxygens (including phenoxy) is 1. The van der Waals surface area contributed by atoms with Crippen LogP contribution in [-0.2, 0) is 6.54 Å². The molecule has 0 amide bonds. The molecule has 1 saturated heterocycles. The summed E-state index contributed by atoms with van der Waals surface area (Å²) in [4.78, 5) is 26.4. The van der Waals surface area contributed by atoms with Gasteiger partial charge < -0.3 is 20.4 Å². The number of nitrogens with two attached hydrogens (primary N) is 1. The fourth-order valence-electron chi connectivity index (χ4n) is 4.37.